The van der Waals surface area contributed by atoms with Gasteiger partial charge in [-0.1, -0.05) is 0 Å². The van der Waals surface area contributed by atoms with Crippen LogP contribution in [0.2, 0.25) is 0 Å². The summed E-state index contributed by atoms with van der Waals surface area (Å²) in [4.78, 5) is 36.9. The van der Waals surface area contributed by atoms with E-state index in [-0.39, 0.29) is 17.1 Å². The van der Waals surface area contributed by atoms with Gasteiger partial charge in [0.1, 0.15) is 11.2 Å². The SMILES string of the molecule is COc1nc(NCN2CCC(P(O)O)CC2)cc2cn[nH]c(=O)c12. The molecule has 24 heavy (non-hydrogen) atoms. The maximum Gasteiger partial charge on any atom is 0.277 e. The molecule has 0 bridgehead atoms. The van der Waals surface area contributed by atoms with Crippen molar-refractivity contribution in [1.29, 1.82) is 0 Å². The molecule has 9 nitrogen and oxygen atoms in total. The molecule has 1 aliphatic heterocycles. The topological polar surface area (TPSA) is 124 Å². The van der Waals surface area contributed by atoms with Crippen molar-refractivity contribution in [1.82, 2.24) is 20.1 Å². The number of ether oxygens (including phenoxy) is 1. The molecule has 0 unspecified atom stereocenters. The third-order valence-corrected chi connectivity index (χ3v) is 5.34. The molecule has 0 aliphatic carbocycles. The molecule has 0 aromatic carbocycles. The Morgan fingerprint density at radius 2 is 2.21 bits per heavy atom. The molecule has 0 spiro atoms. The maximum atomic E-state index is 11.9. The van der Waals surface area contributed by atoms with Crippen molar-refractivity contribution >= 4 is 25.0 Å². The zero-order chi connectivity index (χ0) is 17.1. The number of aromatic nitrogens is 3. The third-order valence-electron chi connectivity index (χ3n) is 4.17. The van der Waals surface area contributed by atoms with Crippen LogP contribution < -0.4 is 15.6 Å². The fraction of sp³-hybridized carbons (Fsp3) is 0.500. The molecule has 1 saturated heterocycles. The largest absolute Gasteiger partial charge is 0.480 e. The van der Waals surface area contributed by atoms with Gasteiger partial charge in [0.25, 0.3) is 5.56 Å². The van der Waals surface area contributed by atoms with Crippen LogP contribution in [0.1, 0.15) is 12.8 Å². The van der Waals surface area contributed by atoms with Gasteiger partial charge in [0.2, 0.25) is 5.88 Å². The predicted molar refractivity (Wildman–Crippen MR) is 91.2 cm³/mol. The number of hydrogen-bond acceptors (Lipinski definition) is 8. The van der Waals surface area contributed by atoms with Crippen molar-refractivity contribution in [2.45, 2.75) is 18.5 Å². The van der Waals surface area contributed by atoms with Gasteiger partial charge < -0.3 is 19.8 Å². The number of nitrogens with one attached hydrogen (secondary N) is 2. The van der Waals surface area contributed by atoms with Crippen molar-refractivity contribution in [2.24, 2.45) is 0 Å². The van der Waals surface area contributed by atoms with Crippen molar-refractivity contribution in [3.05, 3.63) is 22.6 Å². The second-order valence-corrected chi connectivity index (χ2v) is 7.06. The number of likely N-dealkylation sites (tertiary alicyclic amines) is 1. The van der Waals surface area contributed by atoms with Crippen molar-refractivity contribution < 1.29 is 14.5 Å². The maximum absolute atomic E-state index is 11.9. The molecule has 1 fully saturated rings. The lowest BCUT2D eigenvalue weighted by atomic mass is 10.1. The van der Waals surface area contributed by atoms with Gasteiger partial charge in [0.05, 0.1) is 20.0 Å². The number of pyridine rings is 1. The van der Waals surface area contributed by atoms with Crippen LogP contribution in [0.5, 0.6) is 5.88 Å². The molecule has 130 valence electrons. The summed E-state index contributed by atoms with van der Waals surface area (Å²) in [6.45, 7) is 2.17. The molecule has 3 rings (SSSR count). The minimum Gasteiger partial charge on any atom is -0.480 e. The first-order valence-electron chi connectivity index (χ1n) is 7.64. The second-order valence-electron chi connectivity index (χ2n) is 5.68. The highest BCUT2D eigenvalue weighted by Crippen LogP contribution is 2.37. The smallest absolute Gasteiger partial charge is 0.277 e. The number of aromatic amines is 1. The van der Waals surface area contributed by atoms with Crippen LogP contribution in [0.4, 0.5) is 5.82 Å². The number of methoxy groups -OCH3 is 1. The van der Waals surface area contributed by atoms with E-state index in [0.717, 1.165) is 25.9 Å². The Hall–Kier alpha value is -1.80. The lowest BCUT2D eigenvalue weighted by Gasteiger charge is -2.32. The van der Waals surface area contributed by atoms with E-state index in [9.17, 15) is 14.6 Å². The molecule has 4 N–H and O–H groups in total. The minimum absolute atomic E-state index is 0.00735. The van der Waals surface area contributed by atoms with Crippen LogP contribution in [-0.2, 0) is 0 Å². The second kappa shape index (κ2) is 7.40. The Kier molecular flexibility index (Phi) is 5.25. The molecule has 0 saturated carbocycles. The Balaban J connectivity index is 1.69. The molecule has 3 heterocycles. The molecule has 10 heteroatoms. The zero-order valence-corrected chi connectivity index (χ0v) is 14.2. The van der Waals surface area contributed by atoms with E-state index in [1.165, 1.54) is 7.11 Å². The first kappa shape index (κ1) is 17.0. The van der Waals surface area contributed by atoms with E-state index in [4.69, 9.17) is 4.74 Å². The van der Waals surface area contributed by atoms with Gasteiger partial charge >= 0.3 is 0 Å². The molecule has 0 amide bonds. The van der Waals surface area contributed by atoms with Crippen LogP contribution >= 0.6 is 8.38 Å². The summed E-state index contributed by atoms with van der Waals surface area (Å²) in [7, 11) is -0.365. The van der Waals surface area contributed by atoms with Crippen LogP contribution in [0.25, 0.3) is 10.8 Å². The number of fused-ring (bicyclic) bond motifs is 1. The van der Waals surface area contributed by atoms with E-state index in [0.29, 0.717) is 23.3 Å². The first-order chi connectivity index (χ1) is 11.6. The summed E-state index contributed by atoms with van der Waals surface area (Å²) in [5, 5.41) is 10.4. The molecule has 0 atom stereocenters. The monoisotopic (exact) mass is 353 g/mol. The summed E-state index contributed by atoms with van der Waals surface area (Å²) in [5.74, 6) is 0.851. The fourth-order valence-electron chi connectivity index (χ4n) is 2.83. The summed E-state index contributed by atoms with van der Waals surface area (Å²) in [6, 6.07) is 1.76. The summed E-state index contributed by atoms with van der Waals surface area (Å²) >= 11 is 0. The molecule has 2 aromatic heterocycles. The predicted octanol–water partition coefficient (Wildman–Crippen LogP) is 0.457. The van der Waals surface area contributed by atoms with E-state index < -0.39 is 8.38 Å². The van der Waals surface area contributed by atoms with Gasteiger partial charge in [0, 0.05) is 24.1 Å². The van der Waals surface area contributed by atoms with Crippen LogP contribution in [0.3, 0.4) is 0 Å². The quantitative estimate of drug-likeness (QED) is 0.572. The fourth-order valence-corrected chi connectivity index (χ4v) is 3.52. The molecule has 2 aromatic rings. The highest BCUT2D eigenvalue weighted by Gasteiger charge is 2.24. The number of rotatable bonds is 5. The summed E-state index contributed by atoms with van der Waals surface area (Å²) in [6.07, 6.45) is 3.10. The number of anilines is 1. The van der Waals surface area contributed by atoms with Gasteiger partial charge in [0.15, 0.2) is 8.38 Å². The normalized spacial score (nSPS) is 16.7. The molecular weight excluding hydrogens is 333 g/mol. The van der Waals surface area contributed by atoms with Crippen molar-refractivity contribution in [3.8, 4) is 5.88 Å². The molecule has 0 radical (unpaired) electrons. The average molecular weight is 353 g/mol. The number of piperidine rings is 1. The van der Waals surface area contributed by atoms with Gasteiger partial charge in [-0.15, -0.1) is 0 Å². The van der Waals surface area contributed by atoms with Gasteiger partial charge in [-0.3, -0.25) is 9.69 Å². The Bertz CT molecular complexity index is 760. The molecule has 1 aliphatic rings. The standard InChI is InChI=1S/C14H20N5O4P/c1-23-14-12-9(7-16-18-13(12)20)6-11(17-14)15-8-19-4-2-10(3-5-19)24(21)22/h6-7,10,21-22H,2-5,8H2,1H3,(H,15,17)(H,18,20). The summed E-state index contributed by atoms with van der Waals surface area (Å²) in [5.41, 5.74) is -0.331. The van der Waals surface area contributed by atoms with E-state index in [2.05, 4.69) is 25.4 Å². The third kappa shape index (κ3) is 3.64. The lowest BCUT2D eigenvalue weighted by molar-refractivity contribution is 0.239. The van der Waals surface area contributed by atoms with Crippen LogP contribution in [-0.4, -0.2) is 62.4 Å². The summed E-state index contributed by atoms with van der Waals surface area (Å²) < 4.78 is 5.22. The highest BCUT2D eigenvalue weighted by molar-refractivity contribution is 7.45. The van der Waals surface area contributed by atoms with Crippen molar-refractivity contribution in [2.75, 3.05) is 32.2 Å². The highest BCUT2D eigenvalue weighted by atomic mass is 31.2. The Morgan fingerprint density at radius 1 is 1.46 bits per heavy atom. The van der Waals surface area contributed by atoms with Crippen LogP contribution in [0.15, 0.2) is 17.1 Å². The van der Waals surface area contributed by atoms with E-state index in [1.807, 2.05) is 0 Å². The number of H-pyrrole nitrogens is 1. The van der Waals surface area contributed by atoms with Gasteiger partial charge in [-0.25, -0.2) is 5.10 Å². The Morgan fingerprint density at radius 3 is 2.88 bits per heavy atom. The first-order valence-corrected chi connectivity index (χ1v) is 8.95. The van der Waals surface area contributed by atoms with Crippen LogP contribution in [0, 0.1) is 0 Å². The van der Waals surface area contributed by atoms with Gasteiger partial charge in [-0.2, -0.15) is 10.1 Å². The molecular formula is C14H20N5O4P. The van der Waals surface area contributed by atoms with E-state index in [1.54, 1.807) is 12.3 Å². The number of nitrogens with zero attached hydrogens (tertiary/aromatic N) is 3. The minimum atomic E-state index is -1.84. The van der Waals surface area contributed by atoms with Crippen molar-refractivity contribution in [3.63, 3.8) is 0 Å². The van der Waals surface area contributed by atoms with Gasteiger partial charge in [-0.05, 0) is 18.9 Å². The average Bonchev–Trinajstić information content (AvgIpc) is 2.59. The zero-order valence-electron chi connectivity index (χ0n) is 13.3. The lowest BCUT2D eigenvalue weighted by Crippen LogP contribution is -2.38. The van der Waals surface area contributed by atoms with E-state index >= 15 is 0 Å². The number of hydrogen-bond donors (Lipinski definition) is 4. The Labute approximate surface area is 139 Å².